The highest BCUT2D eigenvalue weighted by molar-refractivity contribution is 7.17. The van der Waals surface area contributed by atoms with Crippen LogP contribution in [0.5, 0.6) is 0 Å². The van der Waals surface area contributed by atoms with Crippen LogP contribution in [0.1, 0.15) is 37.0 Å². The fourth-order valence-electron chi connectivity index (χ4n) is 3.15. The van der Waals surface area contributed by atoms with Crippen molar-refractivity contribution in [2.75, 3.05) is 11.9 Å². The zero-order chi connectivity index (χ0) is 20.2. The van der Waals surface area contributed by atoms with Gasteiger partial charge in [-0.25, -0.2) is 4.98 Å². The van der Waals surface area contributed by atoms with Crippen LogP contribution in [0.4, 0.5) is 5.13 Å². The third-order valence-corrected chi connectivity index (χ3v) is 6.60. The fourth-order valence-corrected chi connectivity index (χ4v) is 4.80. The summed E-state index contributed by atoms with van der Waals surface area (Å²) < 4.78 is 0. The number of hydrogen-bond acceptors (Lipinski definition) is 7. The van der Waals surface area contributed by atoms with E-state index in [9.17, 15) is 14.4 Å². The number of carbonyl (C=O) groups excluding carboxylic acids is 3. The lowest BCUT2D eigenvalue weighted by Crippen LogP contribution is -2.36. The van der Waals surface area contributed by atoms with Crippen molar-refractivity contribution < 1.29 is 14.4 Å². The number of carbonyl (C=O) groups is 3. The van der Waals surface area contributed by atoms with Crippen molar-refractivity contribution in [3.05, 3.63) is 63.1 Å². The van der Waals surface area contributed by atoms with E-state index in [2.05, 4.69) is 20.6 Å². The van der Waals surface area contributed by atoms with E-state index < -0.39 is 5.92 Å². The van der Waals surface area contributed by atoms with Gasteiger partial charge in [0.1, 0.15) is 0 Å². The first kappa shape index (κ1) is 19.4. The predicted molar refractivity (Wildman–Crippen MR) is 111 cm³/mol. The number of hydrogen-bond donors (Lipinski definition) is 2. The molecule has 2 N–H and O–H groups in total. The van der Waals surface area contributed by atoms with Crippen molar-refractivity contribution in [1.82, 2.24) is 15.3 Å². The van der Waals surface area contributed by atoms with Crippen molar-refractivity contribution in [3.63, 3.8) is 0 Å². The summed E-state index contributed by atoms with van der Waals surface area (Å²) in [5.41, 5.74) is 1.04. The molecule has 3 heterocycles. The maximum Gasteiger partial charge on any atom is 0.257 e. The van der Waals surface area contributed by atoms with E-state index >= 15 is 0 Å². The van der Waals surface area contributed by atoms with Gasteiger partial charge in [0.2, 0.25) is 5.91 Å². The molecule has 0 bridgehead atoms. The molecule has 7 nitrogen and oxygen atoms in total. The summed E-state index contributed by atoms with van der Waals surface area (Å²) in [5, 5.41) is 8.01. The Bertz CT molecular complexity index is 1030. The summed E-state index contributed by atoms with van der Waals surface area (Å²) in [6.07, 6.45) is 4.41. The summed E-state index contributed by atoms with van der Waals surface area (Å²) in [4.78, 5) is 47.3. The molecule has 2 amide bonds. The number of aromatic nitrogens is 2. The average molecular weight is 427 g/mol. The zero-order valence-corrected chi connectivity index (χ0v) is 17.0. The maximum atomic E-state index is 12.5. The third-order valence-electron chi connectivity index (χ3n) is 4.61. The van der Waals surface area contributed by atoms with E-state index in [0.717, 1.165) is 17.8 Å². The summed E-state index contributed by atoms with van der Waals surface area (Å²) in [5.74, 6) is -0.972. The van der Waals surface area contributed by atoms with E-state index in [0.29, 0.717) is 34.2 Å². The van der Waals surface area contributed by atoms with Crippen LogP contribution < -0.4 is 10.6 Å². The lowest BCUT2D eigenvalue weighted by Gasteiger charge is -2.19. The number of anilines is 1. The molecule has 3 aromatic heterocycles. The van der Waals surface area contributed by atoms with E-state index in [1.807, 2.05) is 17.5 Å². The molecular formula is C20H18N4O3S2. The largest absolute Gasteiger partial charge is 0.355 e. The van der Waals surface area contributed by atoms with Crippen LogP contribution in [0.2, 0.25) is 0 Å². The molecule has 0 spiro atoms. The van der Waals surface area contributed by atoms with Crippen molar-refractivity contribution in [3.8, 4) is 0 Å². The van der Waals surface area contributed by atoms with Gasteiger partial charge in [0.25, 0.3) is 5.91 Å². The van der Waals surface area contributed by atoms with Gasteiger partial charge in [-0.05, 0) is 30.0 Å². The van der Waals surface area contributed by atoms with Gasteiger partial charge in [0.15, 0.2) is 10.9 Å². The standard InChI is InChI=1S/C20H18N4O3S2/c25-16-11-13(18(26)22-8-5-14-2-1-9-28-14)10-15-17(16)29-20(23-15)24-19(27)12-3-6-21-7-4-12/h1-4,6-7,9,13H,5,8,10-11H2,(H,22,26)(H,23,24,27). The van der Waals surface area contributed by atoms with Crippen LogP contribution in [0.3, 0.4) is 0 Å². The molecule has 3 aromatic rings. The topological polar surface area (TPSA) is 101 Å². The monoisotopic (exact) mass is 426 g/mol. The minimum absolute atomic E-state index is 0.105. The van der Waals surface area contributed by atoms with Crippen LogP contribution >= 0.6 is 22.7 Å². The van der Waals surface area contributed by atoms with Crippen LogP contribution in [0.25, 0.3) is 0 Å². The fraction of sp³-hybridized carbons (Fsp3) is 0.250. The first-order valence-corrected chi connectivity index (χ1v) is 10.8. The number of thiophene rings is 1. The van der Waals surface area contributed by atoms with E-state index in [1.165, 1.54) is 17.3 Å². The molecule has 4 rings (SSSR count). The van der Waals surface area contributed by atoms with Gasteiger partial charge in [0.05, 0.1) is 16.5 Å². The van der Waals surface area contributed by atoms with E-state index in [-0.39, 0.29) is 24.0 Å². The van der Waals surface area contributed by atoms with Crippen LogP contribution in [0.15, 0.2) is 42.0 Å². The molecule has 0 saturated heterocycles. The number of ketones is 1. The number of thiazole rings is 1. The number of rotatable bonds is 6. The van der Waals surface area contributed by atoms with Gasteiger partial charge in [-0.15, -0.1) is 11.3 Å². The minimum atomic E-state index is -0.427. The summed E-state index contributed by atoms with van der Waals surface area (Å²) in [6, 6.07) is 7.22. The highest BCUT2D eigenvalue weighted by Crippen LogP contribution is 2.32. The molecule has 0 fully saturated rings. The van der Waals surface area contributed by atoms with Crippen LogP contribution in [-0.2, 0) is 17.6 Å². The molecule has 148 valence electrons. The minimum Gasteiger partial charge on any atom is -0.355 e. The van der Waals surface area contributed by atoms with Crippen molar-refractivity contribution in [1.29, 1.82) is 0 Å². The Morgan fingerprint density at radius 3 is 2.76 bits per heavy atom. The highest BCUT2D eigenvalue weighted by atomic mass is 32.1. The number of pyridine rings is 1. The summed E-state index contributed by atoms with van der Waals surface area (Å²) in [7, 11) is 0. The molecule has 9 heteroatoms. The first-order valence-electron chi connectivity index (χ1n) is 9.14. The molecule has 1 unspecified atom stereocenters. The Morgan fingerprint density at radius 1 is 1.17 bits per heavy atom. The lowest BCUT2D eigenvalue weighted by molar-refractivity contribution is -0.125. The second kappa shape index (κ2) is 8.62. The smallest absolute Gasteiger partial charge is 0.257 e. The number of fused-ring (bicyclic) bond motifs is 1. The van der Waals surface area contributed by atoms with Gasteiger partial charge in [-0.2, -0.15) is 0 Å². The molecular weight excluding hydrogens is 408 g/mol. The number of nitrogens with zero attached hydrogens (tertiary/aromatic N) is 2. The second-order valence-corrected chi connectivity index (χ2v) is 8.66. The molecule has 0 saturated carbocycles. The molecule has 0 aromatic carbocycles. The van der Waals surface area contributed by atoms with Gasteiger partial charge in [-0.1, -0.05) is 17.4 Å². The van der Waals surface area contributed by atoms with Gasteiger partial charge in [0, 0.05) is 42.2 Å². The van der Waals surface area contributed by atoms with Crippen LogP contribution in [0, 0.1) is 5.92 Å². The molecule has 1 aliphatic carbocycles. The Labute approximate surface area is 175 Å². The molecule has 1 atom stereocenters. The maximum absolute atomic E-state index is 12.5. The van der Waals surface area contributed by atoms with Crippen molar-refractivity contribution in [2.24, 2.45) is 5.92 Å². The van der Waals surface area contributed by atoms with E-state index in [1.54, 1.807) is 23.5 Å². The Balaban J connectivity index is 1.38. The predicted octanol–water partition coefficient (Wildman–Crippen LogP) is 2.96. The van der Waals surface area contributed by atoms with E-state index in [4.69, 9.17) is 0 Å². The Morgan fingerprint density at radius 2 is 2.00 bits per heavy atom. The second-order valence-electron chi connectivity index (χ2n) is 6.63. The molecule has 29 heavy (non-hydrogen) atoms. The molecule has 0 aliphatic heterocycles. The number of nitrogens with one attached hydrogen (secondary N) is 2. The van der Waals surface area contributed by atoms with Crippen LogP contribution in [-0.4, -0.2) is 34.1 Å². The SMILES string of the molecule is O=C(Nc1nc2c(s1)C(=O)CC(C(=O)NCCc1cccs1)C2)c1ccncc1. The zero-order valence-electron chi connectivity index (χ0n) is 15.4. The number of amides is 2. The normalized spacial score (nSPS) is 15.6. The van der Waals surface area contributed by atoms with Gasteiger partial charge in [-0.3, -0.25) is 24.7 Å². The highest BCUT2D eigenvalue weighted by Gasteiger charge is 2.33. The Hall–Kier alpha value is -2.91. The molecule has 1 aliphatic rings. The van der Waals surface area contributed by atoms with Gasteiger partial charge < -0.3 is 5.32 Å². The quantitative estimate of drug-likeness (QED) is 0.631. The summed E-state index contributed by atoms with van der Waals surface area (Å²) >= 11 is 2.81. The molecule has 0 radical (unpaired) electrons. The average Bonchev–Trinajstić information content (AvgIpc) is 3.38. The van der Waals surface area contributed by atoms with Crippen molar-refractivity contribution >= 4 is 45.4 Å². The summed E-state index contributed by atoms with van der Waals surface area (Å²) in [6.45, 7) is 0.543. The lowest BCUT2D eigenvalue weighted by atomic mass is 9.89. The number of Topliss-reactive ketones (excluding diaryl/α,β-unsaturated/α-hetero) is 1. The van der Waals surface area contributed by atoms with Gasteiger partial charge >= 0.3 is 0 Å². The van der Waals surface area contributed by atoms with Crippen molar-refractivity contribution in [2.45, 2.75) is 19.3 Å². The first-order chi connectivity index (χ1) is 14.1. The third kappa shape index (κ3) is 4.57. The Kier molecular flexibility index (Phi) is 5.77.